The maximum Gasteiger partial charge on any atom is 0.303 e. The number of Topliss-reactive ketones (excluding diaryl/α,β-unsaturated/α-hetero) is 1. The van der Waals surface area contributed by atoms with Crippen LogP contribution in [0.15, 0.2) is 24.3 Å². The smallest absolute Gasteiger partial charge is 0.303 e. The maximum absolute atomic E-state index is 12.5. The second-order valence-electron chi connectivity index (χ2n) is 7.66. The first kappa shape index (κ1) is 25.5. The number of carbonyl (C=O) groups excluding carboxylic acids is 1. The van der Waals surface area contributed by atoms with Crippen LogP contribution in [-0.4, -0.2) is 56.5 Å². The first-order chi connectivity index (χ1) is 14.0. The fourth-order valence-electron chi connectivity index (χ4n) is 3.90. The van der Waals surface area contributed by atoms with Crippen LogP contribution in [0.25, 0.3) is 0 Å². The van der Waals surface area contributed by atoms with Crippen molar-refractivity contribution in [2.45, 2.75) is 76.6 Å². The molecule has 1 aliphatic carbocycles. The maximum atomic E-state index is 12.5. The predicted molar refractivity (Wildman–Crippen MR) is 113 cm³/mol. The van der Waals surface area contributed by atoms with Crippen LogP contribution < -0.4 is 0 Å². The molecule has 0 radical (unpaired) electrons. The van der Waals surface area contributed by atoms with Crippen molar-refractivity contribution >= 4 is 11.8 Å². The van der Waals surface area contributed by atoms with Gasteiger partial charge in [0.25, 0.3) is 0 Å². The SMILES string of the molecule is CCCC(CC(/C=C/C1C(OC)CC(=O)C1C/C=C/CCCC(=O)O)OC)OC. The molecule has 1 N–H and O–H groups in total. The lowest BCUT2D eigenvalue weighted by atomic mass is 9.90. The third kappa shape index (κ3) is 9.24. The number of aliphatic carboxylic acids is 1. The number of unbranched alkanes of at least 4 members (excludes halogenated alkanes) is 1. The Kier molecular flexibility index (Phi) is 12.7. The molecule has 0 amide bonds. The van der Waals surface area contributed by atoms with E-state index in [2.05, 4.69) is 13.0 Å². The van der Waals surface area contributed by atoms with Gasteiger partial charge in [0.15, 0.2) is 0 Å². The van der Waals surface area contributed by atoms with E-state index in [1.54, 1.807) is 21.3 Å². The molecule has 1 saturated carbocycles. The van der Waals surface area contributed by atoms with Gasteiger partial charge in [0.05, 0.1) is 18.3 Å². The molecule has 166 valence electrons. The van der Waals surface area contributed by atoms with Crippen LogP contribution in [0.2, 0.25) is 0 Å². The number of carboxylic acids is 1. The third-order valence-electron chi connectivity index (χ3n) is 5.62. The van der Waals surface area contributed by atoms with E-state index in [4.69, 9.17) is 19.3 Å². The molecule has 0 saturated heterocycles. The monoisotopic (exact) mass is 410 g/mol. The Morgan fingerprint density at radius 1 is 1.24 bits per heavy atom. The van der Waals surface area contributed by atoms with Crippen molar-refractivity contribution in [1.29, 1.82) is 0 Å². The summed E-state index contributed by atoms with van der Waals surface area (Å²) >= 11 is 0. The zero-order valence-electron chi connectivity index (χ0n) is 18.3. The number of methoxy groups -OCH3 is 3. The van der Waals surface area contributed by atoms with Crippen LogP contribution in [0.5, 0.6) is 0 Å². The standard InChI is InChI=1S/C23H38O6/c1-5-10-17(27-2)15-18(28-3)13-14-20-19(21(24)16-22(20)29-4)11-8-6-7-9-12-23(25)26/h6,8,13-14,17-20,22H,5,7,9-12,15-16H2,1-4H3,(H,25,26)/b8-6+,14-13+. The number of allylic oxidation sites excluding steroid dienone is 2. The van der Waals surface area contributed by atoms with E-state index in [-0.39, 0.29) is 42.4 Å². The molecular formula is C23H38O6. The van der Waals surface area contributed by atoms with Crippen molar-refractivity contribution in [1.82, 2.24) is 0 Å². The topological polar surface area (TPSA) is 82.1 Å². The summed E-state index contributed by atoms with van der Waals surface area (Å²) in [5, 5.41) is 8.68. The molecule has 5 unspecified atom stereocenters. The second-order valence-corrected chi connectivity index (χ2v) is 7.66. The molecule has 0 aromatic rings. The number of rotatable bonds is 15. The summed E-state index contributed by atoms with van der Waals surface area (Å²) in [5.41, 5.74) is 0. The lowest BCUT2D eigenvalue weighted by molar-refractivity contribution is -0.137. The van der Waals surface area contributed by atoms with Gasteiger partial charge in [-0.1, -0.05) is 37.6 Å². The fraction of sp³-hybridized carbons (Fsp3) is 0.739. The van der Waals surface area contributed by atoms with Crippen LogP contribution in [0, 0.1) is 11.8 Å². The molecule has 29 heavy (non-hydrogen) atoms. The van der Waals surface area contributed by atoms with E-state index in [9.17, 15) is 9.59 Å². The predicted octanol–water partition coefficient (Wildman–Crippen LogP) is 4.18. The van der Waals surface area contributed by atoms with E-state index < -0.39 is 5.97 Å². The Hall–Kier alpha value is -1.50. The Balaban J connectivity index is 2.71. The first-order valence-electron chi connectivity index (χ1n) is 10.6. The largest absolute Gasteiger partial charge is 0.481 e. The highest BCUT2D eigenvalue weighted by Crippen LogP contribution is 2.35. The van der Waals surface area contributed by atoms with E-state index in [1.807, 2.05) is 18.2 Å². The van der Waals surface area contributed by atoms with Crippen molar-refractivity contribution < 1.29 is 28.9 Å². The molecule has 0 spiro atoms. The summed E-state index contributed by atoms with van der Waals surface area (Å²) < 4.78 is 16.7. The number of hydrogen-bond donors (Lipinski definition) is 1. The zero-order valence-corrected chi connectivity index (χ0v) is 18.3. The summed E-state index contributed by atoms with van der Waals surface area (Å²) in [5.74, 6) is -0.657. The molecule has 1 rings (SSSR count). The van der Waals surface area contributed by atoms with E-state index in [1.165, 1.54) is 0 Å². The van der Waals surface area contributed by atoms with Crippen LogP contribution >= 0.6 is 0 Å². The van der Waals surface area contributed by atoms with Crippen LogP contribution in [0.1, 0.15) is 58.3 Å². The molecule has 0 bridgehead atoms. The molecule has 0 aromatic heterocycles. The van der Waals surface area contributed by atoms with Crippen molar-refractivity contribution in [3.63, 3.8) is 0 Å². The van der Waals surface area contributed by atoms with Crippen molar-refractivity contribution in [3.8, 4) is 0 Å². The third-order valence-corrected chi connectivity index (χ3v) is 5.62. The van der Waals surface area contributed by atoms with Gasteiger partial charge in [-0.15, -0.1) is 0 Å². The number of ketones is 1. The van der Waals surface area contributed by atoms with Gasteiger partial charge in [-0.25, -0.2) is 0 Å². The minimum absolute atomic E-state index is 0.0148. The quantitative estimate of drug-likeness (QED) is 0.322. The molecule has 0 heterocycles. The summed E-state index contributed by atoms with van der Waals surface area (Å²) in [6.07, 6.45) is 13.5. The van der Waals surface area contributed by atoms with Crippen molar-refractivity contribution in [2.24, 2.45) is 11.8 Å². The Morgan fingerprint density at radius 3 is 2.59 bits per heavy atom. The highest BCUT2D eigenvalue weighted by molar-refractivity contribution is 5.84. The highest BCUT2D eigenvalue weighted by Gasteiger charge is 2.40. The van der Waals surface area contributed by atoms with Gasteiger partial charge < -0.3 is 19.3 Å². The van der Waals surface area contributed by atoms with Gasteiger partial charge in [-0.3, -0.25) is 9.59 Å². The lowest BCUT2D eigenvalue weighted by Gasteiger charge is -2.22. The van der Waals surface area contributed by atoms with E-state index >= 15 is 0 Å². The summed E-state index contributed by atoms with van der Waals surface area (Å²) in [6.45, 7) is 2.14. The highest BCUT2D eigenvalue weighted by atomic mass is 16.5. The molecule has 6 heteroatoms. The summed E-state index contributed by atoms with van der Waals surface area (Å²) in [4.78, 5) is 23.1. The number of carboxylic acid groups (broad SMARTS) is 1. The van der Waals surface area contributed by atoms with Gasteiger partial charge in [0.1, 0.15) is 5.78 Å². The van der Waals surface area contributed by atoms with Gasteiger partial charge >= 0.3 is 5.97 Å². The Labute approximate surface area is 175 Å². The molecule has 1 fully saturated rings. The number of carbonyl (C=O) groups is 2. The van der Waals surface area contributed by atoms with Crippen LogP contribution in [0.3, 0.4) is 0 Å². The molecular weight excluding hydrogens is 372 g/mol. The van der Waals surface area contributed by atoms with Gasteiger partial charge in [0.2, 0.25) is 0 Å². The molecule has 0 aromatic carbocycles. The molecule has 1 aliphatic rings. The van der Waals surface area contributed by atoms with Crippen molar-refractivity contribution in [2.75, 3.05) is 21.3 Å². The second kappa shape index (κ2) is 14.5. The lowest BCUT2D eigenvalue weighted by Crippen LogP contribution is -2.23. The van der Waals surface area contributed by atoms with Crippen LogP contribution in [0.4, 0.5) is 0 Å². The van der Waals surface area contributed by atoms with Gasteiger partial charge in [-0.05, 0) is 25.7 Å². The average molecular weight is 411 g/mol. The normalized spacial score (nSPS) is 24.6. The average Bonchev–Trinajstić information content (AvgIpc) is 3.01. The Morgan fingerprint density at radius 2 is 2.00 bits per heavy atom. The summed E-state index contributed by atoms with van der Waals surface area (Å²) in [6, 6.07) is 0. The molecule has 0 aliphatic heterocycles. The van der Waals surface area contributed by atoms with Crippen molar-refractivity contribution in [3.05, 3.63) is 24.3 Å². The minimum atomic E-state index is -0.778. The number of ether oxygens (including phenoxy) is 3. The van der Waals surface area contributed by atoms with Gasteiger partial charge in [0, 0.05) is 52.4 Å². The minimum Gasteiger partial charge on any atom is -0.481 e. The van der Waals surface area contributed by atoms with E-state index in [0.717, 1.165) is 19.3 Å². The molecule has 5 atom stereocenters. The van der Waals surface area contributed by atoms with Gasteiger partial charge in [-0.2, -0.15) is 0 Å². The van der Waals surface area contributed by atoms with E-state index in [0.29, 0.717) is 25.7 Å². The summed E-state index contributed by atoms with van der Waals surface area (Å²) in [7, 11) is 5.07. The zero-order chi connectivity index (χ0) is 21.6. The fourth-order valence-corrected chi connectivity index (χ4v) is 3.90. The Bertz CT molecular complexity index is 541. The molecule has 6 nitrogen and oxygen atoms in total. The first-order valence-corrected chi connectivity index (χ1v) is 10.6. The van der Waals surface area contributed by atoms with Crippen LogP contribution in [-0.2, 0) is 23.8 Å². The number of hydrogen-bond acceptors (Lipinski definition) is 5.